The summed E-state index contributed by atoms with van der Waals surface area (Å²) in [5.41, 5.74) is 2.17. The molecular formula is C16H13IN2O. The van der Waals surface area contributed by atoms with Gasteiger partial charge in [0.25, 0.3) is 0 Å². The van der Waals surface area contributed by atoms with Gasteiger partial charge in [0.2, 0.25) is 0 Å². The molecule has 0 bridgehead atoms. The van der Waals surface area contributed by atoms with Gasteiger partial charge in [0, 0.05) is 28.1 Å². The minimum atomic E-state index is 0.290. The lowest BCUT2D eigenvalue weighted by Crippen LogP contribution is -2.01. The molecule has 3 aromatic rings. The van der Waals surface area contributed by atoms with Gasteiger partial charge >= 0.3 is 0 Å². The number of aromatic nitrogens is 2. The summed E-state index contributed by atoms with van der Waals surface area (Å²) in [5, 5.41) is 9.55. The van der Waals surface area contributed by atoms with Crippen LogP contribution in [0.4, 0.5) is 0 Å². The molecular weight excluding hydrogens is 363 g/mol. The average Bonchev–Trinajstić information content (AvgIpc) is 2.87. The van der Waals surface area contributed by atoms with E-state index in [9.17, 15) is 5.11 Å². The molecule has 4 heteroatoms. The van der Waals surface area contributed by atoms with Gasteiger partial charge in [-0.15, -0.1) is 0 Å². The molecule has 1 heterocycles. The van der Waals surface area contributed by atoms with Crippen LogP contribution in [-0.4, -0.2) is 14.7 Å². The number of imidazole rings is 1. The fourth-order valence-electron chi connectivity index (χ4n) is 2.18. The van der Waals surface area contributed by atoms with Crippen molar-refractivity contribution in [3.8, 4) is 17.1 Å². The lowest BCUT2D eigenvalue weighted by Gasteiger charge is -2.09. The third-order valence-corrected chi connectivity index (χ3v) is 4.03. The summed E-state index contributed by atoms with van der Waals surface area (Å²) < 4.78 is 3.26. The Morgan fingerprint density at radius 3 is 2.75 bits per heavy atom. The zero-order valence-corrected chi connectivity index (χ0v) is 12.9. The molecule has 0 saturated heterocycles. The molecule has 100 valence electrons. The fraction of sp³-hybridized carbons (Fsp3) is 0.0625. The summed E-state index contributed by atoms with van der Waals surface area (Å²) >= 11 is 2.32. The molecule has 2 aromatic carbocycles. The molecule has 0 unspecified atom stereocenters. The van der Waals surface area contributed by atoms with Gasteiger partial charge in [-0.3, -0.25) is 0 Å². The standard InChI is InChI=1S/C16H13IN2O/c17-15-7-2-1-6-14(15)16-18-8-9-19(16)11-12-4-3-5-13(20)10-12/h1-10,20H,11H2. The number of nitrogens with zero attached hydrogens (tertiary/aromatic N) is 2. The normalized spacial score (nSPS) is 10.7. The van der Waals surface area contributed by atoms with Crippen LogP contribution in [0.2, 0.25) is 0 Å². The Kier molecular flexibility index (Phi) is 3.73. The van der Waals surface area contributed by atoms with Gasteiger partial charge in [0.1, 0.15) is 11.6 Å². The first-order valence-corrected chi connectivity index (χ1v) is 7.36. The van der Waals surface area contributed by atoms with E-state index in [4.69, 9.17) is 0 Å². The zero-order valence-electron chi connectivity index (χ0n) is 10.7. The summed E-state index contributed by atoms with van der Waals surface area (Å²) in [6.07, 6.45) is 3.77. The maximum Gasteiger partial charge on any atom is 0.141 e. The van der Waals surface area contributed by atoms with Crippen LogP contribution in [0.15, 0.2) is 60.9 Å². The fourth-order valence-corrected chi connectivity index (χ4v) is 2.80. The second-order valence-electron chi connectivity index (χ2n) is 4.53. The SMILES string of the molecule is Oc1cccc(Cn2ccnc2-c2ccccc2I)c1. The molecule has 20 heavy (non-hydrogen) atoms. The van der Waals surface area contributed by atoms with Crippen molar-refractivity contribution in [1.82, 2.24) is 9.55 Å². The molecule has 0 aliphatic rings. The van der Waals surface area contributed by atoms with Gasteiger partial charge in [0.15, 0.2) is 0 Å². The van der Waals surface area contributed by atoms with E-state index in [2.05, 4.69) is 44.3 Å². The Hall–Kier alpha value is -1.82. The number of benzene rings is 2. The molecule has 3 nitrogen and oxygen atoms in total. The summed E-state index contributed by atoms with van der Waals surface area (Å²) in [4.78, 5) is 4.46. The van der Waals surface area contributed by atoms with Crippen LogP contribution in [0.1, 0.15) is 5.56 Å². The molecule has 3 rings (SSSR count). The Morgan fingerprint density at radius 2 is 1.95 bits per heavy atom. The number of aromatic hydroxyl groups is 1. The van der Waals surface area contributed by atoms with Crippen LogP contribution in [0.3, 0.4) is 0 Å². The van der Waals surface area contributed by atoms with Crippen molar-refractivity contribution in [1.29, 1.82) is 0 Å². The highest BCUT2D eigenvalue weighted by Gasteiger charge is 2.09. The smallest absolute Gasteiger partial charge is 0.141 e. The number of hydrogen-bond acceptors (Lipinski definition) is 2. The number of phenols is 1. The van der Waals surface area contributed by atoms with Crippen molar-refractivity contribution in [3.63, 3.8) is 0 Å². The van der Waals surface area contributed by atoms with E-state index in [0.29, 0.717) is 12.3 Å². The summed E-state index contributed by atoms with van der Waals surface area (Å²) in [6, 6.07) is 15.5. The topological polar surface area (TPSA) is 38.0 Å². The highest BCUT2D eigenvalue weighted by Crippen LogP contribution is 2.24. The Morgan fingerprint density at radius 1 is 1.10 bits per heavy atom. The van der Waals surface area contributed by atoms with Crippen molar-refractivity contribution in [2.45, 2.75) is 6.54 Å². The lowest BCUT2D eigenvalue weighted by atomic mass is 10.2. The van der Waals surface area contributed by atoms with Gasteiger partial charge in [-0.2, -0.15) is 0 Å². The van der Waals surface area contributed by atoms with Gasteiger partial charge in [-0.25, -0.2) is 4.98 Å². The van der Waals surface area contributed by atoms with Crippen molar-refractivity contribution >= 4 is 22.6 Å². The predicted octanol–water partition coefficient (Wildman–Crippen LogP) is 3.91. The van der Waals surface area contributed by atoms with Crippen molar-refractivity contribution in [2.24, 2.45) is 0 Å². The molecule has 0 aliphatic carbocycles. The van der Waals surface area contributed by atoms with Crippen LogP contribution >= 0.6 is 22.6 Å². The molecule has 0 atom stereocenters. The van der Waals surface area contributed by atoms with Gasteiger partial charge in [-0.05, 0) is 46.4 Å². The molecule has 0 spiro atoms. The largest absolute Gasteiger partial charge is 0.508 e. The van der Waals surface area contributed by atoms with Crippen LogP contribution in [0.25, 0.3) is 11.4 Å². The summed E-state index contributed by atoms with van der Waals surface area (Å²) in [7, 11) is 0. The van der Waals surface area contributed by atoms with Crippen molar-refractivity contribution in [3.05, 3.63) is 70.1 Å². The van der Waals surface area contributed by atoms with Crippen molar-refractivity contribution in [2.75, 3.05) is 0 Å². The Labute approximate surface area is 131 Å². The molecule has 0 amide bonds. The van der Waals surface area contributed by atoms with E-state index in [-0.39, 0.29) is 0 Å². The van der Waals surface area contributed by atoms with E-state index in [0.717, 1.165) is 17.0 Å². The van der Waals surface area contributed by atoms with Gasteiger partial charge in [-0.1, -0.05) is 30.3 Å². The van der Waals surface area contributed by atoms with Gasteiger partial charge in [0.05, 0.1) is 0 Å². The Bertz CT molecular complexity index is 737. The maximum absolute atomic E-state index is 9.55. The molecule has 0 radical (unpaired) electrons. The van der Waals surface area contributed by atoms with E-state index < -0.39 is 0 Å². The number of halogens is 1. The first-order valence-electron chi connectivity index (χ1n) is 6.28. The quantitative estimate of drug-likeness (QED) is 0.704. The van der Waals surface area contributed by atoms with E-state index >= 15 is 0 Å². The zero-order chi connectivity index (χ0) is 13.9. The Balaban J connectivity index is 1.97. The van der Waals surface area contributed by atoms with Crippen molar-refractivity contribution < 1.29 is 5.11 Å². The molecule has 1 aromatic heterocycles. The monoisotopic (exact) mass is 376 g/mol. The molecule has 1 N–H and O–H groups in total. The highest BCUT2D eigenvalue weighted by atomic mass is 127. The lowest BCUT2D eigenvalue weighted by molar-refractivity contribution is 0.474. The number of hydrogen-bond donors (Lipinski definition) is 1. The van der Waals surface area contributed by atoms with Crippen LogP contribution in [-0.2, 0) is 6.54 Å². The van der Waals surface area contributed by atoms with Crippen LogP contribution in [0.5, 0.6) is 5.75 Å². The van der Waals surface area contributed by atoms with Crippen LogP contribution in [0, 0.1) is 3.57 Å². The summed E-state index contributed by atoms with van der Waals surface area (Å²) in [6.45, 7) is 0.689. The first kappa shape index (κ1) is 13.2. The van der Waals surface area contributed by atoms with E-state index in [1.165, 1.54) is 3.57 Å². The first-order chi connectivity index (χ1) is 9.74. The van der Waals surface area contributed by atoms with Gasteiger partial charge < -0.3 is 9.67 Å². The minimum Gasteiger partial charge on any atom is -0.508 e. The third kappa shape index (κ3) is 2.70. The maximum atomic E-state index is 9.55. The number of phenolic OH excluding ortho intramolecular Hbond substituents is 1. The third-order valence-electron chi connectivity index (χ3n) is 3.09. The van der Waals surface area contributed by atoms with Crippen LogP contribution < -0.4 is 0 Å². The average molecular weight is 376 g/mol. The number of rotatable bonds is 3. The second kappa shape index (κ2) is 5.66. The molecule has 0 aliphatic heterocycles. The molecule has 0 fully saturated rings. The van der Waals surface area contributed by atoms with E-state index in [1.54, 1.807) is 18.3 Å². The minimum absolute atomic E-state index is 0.290. The second-order valence-corrected chi connectivity index (χ2v) is 5.69. The van der Waals surface area contributed by atoms with E-state index in [1.807, 2.05) is 30.5 Å². The summed E-state index contributed by atoms with van der Waals surface area (Å²) in [5.74, 6) is 1.23. The predicted molar refractivity (Wildman–Crippen MR) is 87.6 cm³/mol. The highest BCUT2D eigenvalue weighted by molar-refractivity contribution is 14.1. The molecule has 0 saturated carbocycles.